The van der Waals surface area contributed by atoms with E-state index in [4.69, 9.17) is 48.6 Å². The molecule has 9 fully saturated rings. The van der Waals surface area contributed by atoms with E-state index in [1.54, 1.807) is 0 Å². The summed E-state index contributed by atoms with van der Waals surface area (Å²) in [6, 6.07) is 0. The van der Waals surface area contributed by atoms with Crippen LogP contribution >= 0.6 is 69.8 Å². The van der Waals surface area contributed by atoms with Gasteiger partial charge in [0.15, 0.2) is 23.1 Å². The SMILES string of the molecule is C1CC1SSC1CC1.CC1(C)OC[C@@H](CBr)O1.CC1(C)OC[C@@H](CC2(S(=O)(=O)Cl)CC2)O1.CC1(C)OC[C@@H](CC2(SSC3(C[C@@H]4COC(C)(C)O4)CC3)CC2)O1. The first-order valence-electron chi connectivity index (χ1n) is 20.5. The zero-order chi connectivity index (χ0) is 40.7. The molecule has 10 nitrogen and oxygen atoms in total. The second-order valence-corrected chi connectivity index (χ2v) is 28.4. The topological polar surface area (TPSA) is 108 Å². The van der Waals surface area contributed by atoms with Crippen LogP contribution < -0.4 is 0 Å². The van der Waals surface area contributed by atoms with Crippen molar-refractivity contribution in [2.45, 2.75) is 211 Å². The molecule has 9 rings (SSSR count). The second kappa shape index (κ2) is 18.5. The number of hydrogen-bond donors (Lipinski definition) is 0. The van der Waals surface area contributed by atoms with Gasteiger partial charge in [-0.25, -0.2) is 8.42 Å². The van der Waals surface area contributed by atoms with E-state index in [1.807, 2.05) is 55.4 Å². The number of halogens is 2. The summed E-state index contributed by atoms with van der Waals surface area (Å²) in [6.07, 6.45) is 15.8. The van der Waals surface area contributed by atoms with Crippen molar-refractivity contribution in [2.75, 3.05) is 31.8 Å². The first kappa shape index (κ1) is 47.3. The average molecular weight is 971 g/mol. The van der Waals surface area contributed by atoms with Crippen molar-refractivity contribution < 1.29 is 46.3 Å². The van der Waals surface area contributed by atoms with E-state index in [2.05, 4.69) is 59.1 Å². The molecule has 0 amide bonds. The summed E-state index contributed by atoms with van der Waals surface area (Å²) in [4.78, 5) is 0. The molecule has 9 aliphatic rings. The van der Waals surface area contributed by atoms with E-state index in [-0.39, 0.29) is 30.2 Å². The number of ether oxygens (including phenoxy) is 8. The van der Waals surface area contributed by atoms with Gasteiger partial charge < -0.3 is 37.9 Å². The highest BCUT2D eigenvalue weighted by Gasteiger charge is 2.56. The number of rotatable bonds is 14. The largest absolute Gasteiger partial charge is 0.348 e. The van der Waals surface area contributed by atoms with Crippen molar-refractivity contribution in [3.63, 3.8) is 0 Å². The molecule has 0 bridgehead atoms. The lowest BCUT2D eigenvalue weighted by molar-refractivity contribution is -0.139. The molecular formula is C39H66BrClO10S5. The second-order valence-electron chi connectivity index (χ2n) is 18.8. The molecule has 0 spiro atoms. The van der Waals surface area contributed by atoms with Crippen LogP contribution in [0.3, 0.4) is 0 Å². The van der Waals surface area contributed by atoms with Crippen LogP contribution in [0.15, 0.2) is 0 Å². The van der Waals surface area contributed by atoms with Crippen LogP contribution in [0.5, 0.6) is 0 Å². The molecule has 0 unspecified atom stereocenters. The van der Waals surface area contributed by atoms with Gasteiger partial charge in [-0.2, -0.15) is 0 Å². The van der Waals surface area contributed by atoms with E-state index in [9.17, 15) is 8.42 Å². The lowest BCUT2D eigenvalue weighted by Gasteiger charge is -2.24. The molecule has 0 radical (unpaired) electrons. The van der Waals surface area contributed by atoms with E-state index in [1.165, 1.54) is 51.4 Å². The Hall–Kier alpha value is 1.80. The molecule has 17 heteroatoms. The summed E-state index contributed by atoms with van der Waals surface area (Å²) < 4.78 is 67.9. The van der Waals surface area contributed by atoms with Gasteiger partial charge >= 0.3 is 0 Å². The van der Waals surface area contributed by atoms with E-state index in [0.717, 1.165) is 41.9 Å². The predicted octanol–water partition coefficient (Wildman–Crippen LogP) is 10.4. The molecule has 4 atom stereocenters. The van der Waals surface area contributed by atoms with E-state index < -0.39 is 31.2 Å². The van der Waals surface area contributed by atoms with Crippen LogP contribution in [-0.4, -0.2) is 112 Å². The monoisotopic (exact) mass is 968 g/mol. The van der Waals surface area contributed by atoms with Crippen LogP contribution in [-0.2, 0) is 46.9 Å². The number of alkyl halides is 1. The maximum atomic E-state index is 11.3. The van der Waals surface area contributed by atoms with Crippen molar-refractivity contribution in [3.05, 3.63) is 0 Å². The molecule has 0 aromatic carbocycles. The van der Waals surface area contributed by atoms with Crippen LogP contribution in [0.1, 0.15) is 139 Å². The van der Waals surface area contributed by atoms with Crippen molar-refractivity contribution in [2.24, 2.45) is 0 Å². The maximum absolute atomic E-state index is 11.3. The predicted molar refractivity (Wildman–Crippen MR) is 234 cm³/mol. The Kier molecular flexibility index (Phi) is 15.6. The fourth-order valence-electron chi connectivity index (χ4n) is 6.95. The molecule has 4 heterocycles. The lowest BCUT2D eigenvalue weighted by atomic mass is 10.2. The fourth-order valence-corrected chi connectivity index (χ4v) is 15.8. The van der Waals surface area contributed by atoms with E-state index in [0.29, 0.717) is 42.0 Å². The Labute approximate surface area is 365 Å². The molecule has 326 valence electrons. The molecule has 0 N–H and O–H groups in total. The highest BCUT2D eigenvalue weighted by Crippen LogP contribution is 2.66. The van der Waals surface area contributed by atoms with Crippen LogP contribution in [0, 0.1) is 0 Å². The third kappa shape index (κ3) is 15.3. The highest BCUT2D eigenvalue weighted by atomic mass is 79.9. The Bertz CT molecular complexity index is 1360. The summed E-state index contributed by atoms with van der Waals surface area (Å²) in [7, 11) is 10.4. The van der Waals surface area contributed by atoms with Crippen LogP contribution in [0.2, 0.25) is 0 Å². The van der Waals surface area contributed by atoms with Gasteiger partial charge in [0.25, 0.3) is 0 Å². The van der Waals surface area contributed by atoms with Gasteiger partial charge in [0, 0.05) is 36.0 Å². The quantitative estimate of drug-likeness (QED) is 0.0936. The minimum Gasteiger partial charge on any atom is -0.348 e. The first-order chi connectivity index (χ1) is 26.0. The fraction of sp³-hybridized carbons (Fsp3) is 1.00. The zero-order valence-corrected chi connectivity index (χ0v) is 41.0. The molecule has 0 aromatic heterocycles. The number of hydrogen-bond acceptors (Lipinski definition) is 14. The normalized spacial score (nSPS) is 34.2. The minimum atomic E-state index is -3.48. The Morgan fingerprint density at radius 3 is 1.07 bits per heavy atom. The van der Waals surface area contributed by atoms with Gasteiger partial charge in [0.2, 0.25) is 9.05 Å². The third-order valence-corrected chi connectivity index (χ3v) is 22.1. The van der Waals surface area contributed by atoms with Crippen LogP contribution in [0.25, 0.3) is 0 Å². The molecule has 4 saturated heterocycles. The maximum Gasteiger partial charge on any atom is 0.238 e. The lowest BCUT2D eigenvalue weighted by Crippen LogP contribution is -2.28. The van der Waals surface area contributed by atoms with Crippen molar-refractivity contribution >= 4 is 78.8 Å². The summed E-state index contributed by atoms with van der Waals surface area (Å²) in [5, 5.41) is 2.97. The third-order valence-electron chi connectivity index (χ3n) is 11.0. The van der Waals surface area contributed by atoms with Gasteiger partial charge in [0.1, 0.15) is 0 Å². The minimum absolute atomic E-state index is 0.156. The summed E-state index contributed by atoms with van der Waals surface area (Å²) in [6.45, 7) is 18.2. The Morgan fingerprint density at radius 2 is 0.857 bits per heavy atom. The summed E-state index contributed by atoms with van der Waals surface area (Å²) in [5.74, 6) is -1.76. The highest BCUT2D eigenvalue weighted by molar-refractivity contribution is 9.09. The zero-order valence-electron chi connectivity index (χ0n) is 34.6. The summed E-state index contributed by atoms with van der Waals surface area (Å²) in [5.41, 5.74) is 0. The molecule has 56 heavy (non-hydrogen) atoms. The molecule has 4 aliphatic heterocycles. The smallest absolute Gasteiger partial charge is 0.238 e. The van der Waals surface area contributed by atoms with Crippen molar-refractivity contribution in [1.82, 2.24) is 0 Å². The molecule has 0 aromatic rings. The van der Waals surface area contributed by atoms with Gasteiger partial charge in [-0.05, 0) is 139 Å². The molecule has 5 aliphatic carbocycles. The van der Waals surface area contributed by atoms with E-state index >= 15 is 0 Å². The summed E-state index contributed by atoms with van der Waals surface area (Å²) >= 11 is 3.32. The Balaban J connectivity index is 0.000000141. The molecule has 5 saturated carbocycles. The van der Waals surface area contributed by atoms with Gasteiger partial charge in [-0.15, -0.1) is 0 Å². The van der Waals surface area contributed by atoms with Gasteiger partial charge in [0.05, 0.1) is 55.6 Å². The van der Waals surface area contributed by atoms with Crippen molar-refractivity contribution in [3.8, 4) is 0 Å². The first-order valence-corrected chi connectivity index (χ1v) is 28.3. The standard InChI is InChI=1S/C18H30O4S2.C9H15ClO4S.C6H11BrO2.C6H10S2/c1-15(2)19-11-13(21-15)9-17(5-6-17)23-24-18(7-8-18)10-14-12-20-16(3,4)22-14;1-8(2)13-6-7(14-8)5-9(3-4-9)15(10,11)12;1-6(2)8-4-5(3-7)9-6;1-2-5(1)7-8-6-3-4-6/h13-14H,5-12H2,1-4H3;7H,3-6H2,1-2H3;5H,3-4H2,1-2H3;5-6H,1-4H2/t13-,14-;7-;5-;/m111./s1. The van der Waals surface area contributed by atoms with Gasteiger partial charge in [-0.3, -0.25) is 0 Å². The van der Waals surface area contributed by atoms with Gasteiger partial charge in [-0.1, -0.05) is 59.1 Å². The van der Waals surface area contributed by atoms with Crippen LogP contribution in [0.4, 0.5) is 0 Å². The molecular weight excluding hydrogens is 904 g/mol. The van der Waals surface area contributed by atoms with Crippen molar-refractivity contribution in [1.29, 1.82) is 0 Å². The Morgan fingerprint density at radius 1 is 0.536 bits per heavy atom. The average Bonchev–Trinajstić information content (AvgIpc) is 3.89.